The Morgan fingerprint density at radius 3 is 2.21 bits per heavy atom. The largest absolute Gasteiger partial charge is 0.452 e. The summed E-state index contributed by atoms with van der Waals surface area (Å²) in [5.41, 5.74) is 5.44. The van der Waals surface area contributed by atoms with Crippen molar-refractivity contribution in [2.24, 2.45) is 5.73 Å². The van der Waals surface area contributed by atoms with Crippen molar-refractivity contribution in [1.29, 1.82) is 0 Å². The van der Waals surface area contributed by atoms with Crippen molar-refractivity contribution in [3.05, 3.63) is 48.9 Å². The molecule has 0 atom stereocenters. The Kier molecular flexibility index (Phi) is 3.87. The van der Waals surface area contributed by atoms with Crippen LogP contribution in [-0.2, 0) is 0 Å². The van der Waals surface area contributed by atoms with Gasteiger partial charge in [0.1, 0.15) is 6.26 Å². The van der Waals surface area contributed by atoms with E-state index in [2.05, 4.69) is 14.4 Å². The molecule has 0 aliphatic carbocycles. The third kappa shape index (κ3) is 3.48. The zero-order valence-electron chi connectivity index (χ0n) is 7.33. The van der Waals surface area contributed by atoms with Gasteiger partial charge in [0.25, 0.3) is 0 Å². The van der Waals surface area contributed by atoms with E-state index in [0.29, 0.717) is 5.56 Å². The number of pyridine rings is 1. The van der Waals surface area contributed by atoms with Crippen molar-refractivity contribution in [2.45, 2.75) is 0 Å². The summed E-state index contributed by atoms with van der Waals surface area (Å²) in [6, 6.07) is 3.14. The first kappa shape index (κ1) is 9.91. The Labute approximate surface area is 80.6 Å². The molecule has 0 aliphatic heterocycles. The van der Waals surface area contributed by atoms with E-state index in [-0.39, 0.29) is 0 Å². The lowest BCUT2D eigenvalue weighted by Crippen LogP contribution is -2.10. The molecule has 0 spiro atoms. The normalized spacial score (nSPS) is 8.57. The molecule has 2 heterocycles. The van der Waals surface area contributed by atoms with Gasteiger partial charge in [-0.05, 0) is 12.1 Å². The van der Waals surface area contributed by atoms with Crippen LogP contribution in [0.5, 0.6) is 0 Å². The molecule has 0 saturated heterocycles. The lowest BCUT2D eigenvalue weighted by atomic mass is 10.3. The Morgan fingerprint density at radius 2 is 1.93 bits per heavy atom. The third-order valence-corrected chi connectivity index (χ3v) is 1.31. The third-order valence-electron chi connectivity index (χ3n) is 1.31. The number of rotatable bonds is 1. The zero-order valence-corrected chi connectivity index (χ0v) is 7.33. The number of carbonyl (C=O) groups is 1. The Bertz CT molecular complexity index is 342. The summed E-state index contributed by atoms with van der Waals surface area (Å²) in [6.45, 7) is 0. The van der Waals surface area contributed by atoms with E-state index >= 15 is 0 Å². The Hall–Kier alpha value is -2.17. The summed E-state index contributed by atoms with van der Waals surface area (Å²) in [5.74, 6) is -0.419. The quantitative estimate of drug-likeness (QED) is 0.724. The number of hydrogen-bond donors (Lipinski definition) is 1. The van der Waals surface area contributed by atoms with E-state index in [1.165, 1.54) is 25.1 Å². The average Bonchev–Trinajstić information content (AvgIpc) is 2.77. The average molecular weight is 191 g/mol. The van der Waals surface area contributed by atoms with Gasteiger partial charge >= 0.3 is 0 Å². The zero-order chi connectivity index (χ0) is 10.2. The van der Waals surface area contributed by atoms with Crippen molar-refractivity contribution in [2.75, 3.05) is 0 Å². The molecule has 2 aromatic heterocycles. The van der Waals surface area contributed by atoms with Crippen molar-refractivity contribution in [3.8, 4) is 0 Å². The number of carbonyl (C=O) groups excluding carboxylic acids is 1. The molecule has 0 aromatic carbocycles. The molecule has 0 aliphatic rings. The molecular formula is C9H9N3O2. The van der Waals surface area contributed by atoms with E-state index in [1.54, 1.807) is 18.3 Å². The van der Waals surface area contributed by atoms with Crippen LogP contribution < -0.4 is 5.73 Å². The SMILES string of the molecule is NC(=O)c1ccncc1.c1cocn1. The van der Waals surface area contributed by atoms with Gasteiger partial charge in [-0.25, -0.2) is 4.98 Å². The number of oxazole rings is 1. The number of hydrogen-bond acceptors (Lipinski definition) is 4. The van der Waals surface area contributed by atoms with Gasteiger partial charge in [-0.2, -0.15) is 0 Å². The van der Waals surface area contributed by atoms with Crippen LogP contribution in [0, 0.1) is 0 Å². The monoisotopic (exact) mass is 191 g/mol. The van der Waals surface area contributed by atoms with Crippen molar-refractivity contribution in [1.82, 2.24) is 9.97 Å². The molecule has 0 unspecified atom stereocenters. The molecule has 2 N–H and O–H groups in total. The van der Waals surface area contributed by atoms with Crippen LogP contribution in [-0.4, -0.2) is 15.9 Å². The number of primary amides is 1. The van der Waals surface area contributed by atoms with Crippen molar-refractivity contribution in [3.63, 3.8) is 0 Å². The Balaban J connectivity index is 0.000000165. The molecule has 1 amide bonds. The molecule has 5 nitrogen and oxygen atoms in total. The first-order valence-electron chi connectivity index (χ1n) is 3.82. The predicted octanol–water partition coefficient (Wildman–Crippen LogP) is 0.855. The van der Waals surface area contributed by atoms with Gasteiger partial charge in [0, 0.05) is 18.0 Å². The fraction of sp³-hybridized carbons (Fsp3) is 0. The van der Waals surface area contributed by atoms with E-state index in [0.717, 1.165) is 0 Å². The highest BCUT2D eigenvalue weighted by atomic mass is 16.3. The number of aromatic nitrogens is 2. The van der Waals surface area contributed by atoms with Crippen LogP contribution >= 0.6 is 0 Å². The highest BCUT2D eigenvalue weighted by molar-refractivity contribution is 5.92. The van der Waals surface area contributed by atoms with Gasteiger partial charge < -0.3 is 10.2 Å². The van der Waals surface area contributed by atoms with Crippen LogP contribution in [0.3, 0.4) is 0 Å². The highest BCUT2D eigenvalue weighted by Crippen LogP contribution is 1.91. The maximum Gasteiger partial charge on any atom is 0.248 e. The van der Waals surface area contributed by atoms with Gasteiger partial charge in [0.2, 0.25) is 5.91 Å². The van der Waals surface area contributed by atoms with Gasteiger partial charge in [-0.15, -0.1) is 0 Å². The fourth-order valence-electron chi connectivity index (χ4n) is 0.692. The number of nitrogens with zero attached hydrogens (tertiary/aromatic N) is 2. The lowest BCUT2D eigenvalue weighted by molar-refractivity contribution is 0.1000. The van der Waals surface area contributed by atoms with E-state index in [4.69, 9.17) is 5.73 Å². The summed E-state index contributed by atoms with van der Waals surface area (Å²) in [4.78, 5) is 17.7. The second kappa shape index (κ2) is 5.47. The Morgan fingerprint density at radius 1 is 1.21 bits per heavy atom. The predicted molar refractivity (Wildman–Crippen MR) is 49.3 cm³/mol. The topological polar surface area (TPSA) is 82.0 Å². The maximum absolute atomic E-state index is 10.4. The highest BCUT2D eigenvalue weighted by Gasteiger charge is 1.94. The van der Waals surface area contributed by atoms with E-state index in [1.807, 2.05) is 0 Å². The summed E-state index contributed by atoms with van der Waals surface area (Å²) in [5, 5.41) is 0. The van der Waals surface area contributed by atoms with E-state index in [9.17, 15) is 4.79 Å². The molecule has 72 valence electrons. The molecule has 0 radical (unpaired) electrons. The second-order valence-corrected chi connectivity index (χ2v) is 2.28. The maximum atomic E-state index is 10.4. The molecule has 0 fully saturated rings. The van der Waals surface area contributed by atoms with Crippen LogP contribution in [0.2, 0.25) is 0 Å². The minimum atomic E-state index is -0.419. The minimum absolute atomic E-state index is 0.419. The smallest absolute Gasteiger partial charge is 0.248 e. The molecule has 5 heteroatoms. The minimum Gasteiger partial charge on any atom is -0.452 e. The van der Waals surface area contributed by atoms with Crippen LogP contribution in [0.15, 0.2) is 47.8 Å². The summed E-state index contributed by atoms with van der Waals surface area (Å²) in [6.07, 6.45) is 7.53. The van der Waals surface area contributed by atoms with Gasteiger partial charge in [0.05, 0.1) is 6.20 Å². The molecule has 0 bridgehead atoms. The molecule has 14 heavy (non-hydrogen) atoms. The fourth-order valence-corrected chi connectivity index (χ4v) is 0.692. The van der Waals surface area contributed by atoms with Gasteiger partial charge in [-0.3, -0.25) is 9.78 Å². The standard InChI is InChI=1S/C6H6N2O.C3H3NO/c7-6(9)5-1-3-8-4-2-5;1-2-5-3-4-1/h1-4H,(H2,7,9);1-3H. The van der Waals surface area contributed by atoms with Gasteiger partial charge in [-0.1, -0.05) is 0 Å². The van der Waals surface area contributed by atoms with Crippen molar-refractivity contribution >= 4 is 5.91 Å². The first-order chi connectivity index (χ1) is 6.80. The first-order valence-corrected chi connectivity index (χ1v) is 3.82. The molecule has 2 aromatic rings. The lowest BCUT2D eigenvalue weighted by Gasteiger charge is -1.88. The molecular weight excluding hydrogens is 182 g/mol. The summed E-state index contributed by atoms with van der Waals surface area (Å²) < 4.78 is 4.47. The molecule has 0 saturated carbocycles. The molecule has 2 rings (SSSR count). The number of amides is 1. The van der Waals surface area contributed by atoms with Crippen LogP contribution in [0.25, 0.3) is 0 Å². The van der Waals surface area contributed by atoms with Gasteiger partial charge in [0.15, 0.2) is 6.39 Å². The summed E-state index contributed by atoms with van der Waals surface area (Å²) in [7, 11) is 0. The summed E-state index contributed by atoms with van der Waals surface area (Å²) >= 11 is 0. The second-order valence-electron chi connectivity index (χ2n) is 2.28. The van der Waals surface area contributed by atoms with Crippen LogP contribution in [0.4, 0.5) is 0 Å². The van der Waals surface area contributed by atoms with E-state index < -0.39 is 5.91 Å². The van der Waals surface area contributed by atoms with Crippen molar-refractivity contribution < 1.29 is 9.21 Å². The van der Waals surface area contributed by atoms with Crippen LogP contribution in [0.1, 0.15) is 10.4 Å². The number of nitrogens with two attached hydrogens (primary N) is 1.